The normalized spacial score (nSPS) is 16.5. The van der Waals surface area contributed by atoms with Gasteiger partial charge in [-0.25, -0.2) is 13.2 Å². The molecule has 0 radical (unpaired) electrons. The van der Waals surface area contributed by atoms with Gasteiger partial charge < -0.3 is 9.47 Å². The van der Waals surface area contributed by atoms with Gasteiger partial charge >= 0.3 is 0 Å². The highest BCUT2D eigenvalue weighted by Gasteiger charge is 2.34. The summed E-state index contributed by atoms with van der Waals surface area (Å²) in [5.41, 5.74) is -0.532. The molecule has 0 bridgehead atoms. The summed E-state index contributed by atoms with van der Waals surface area (Å²) in [5, 5.41) is -0.110. The van der Waals surface area contributed by atoms with Crippen LogP contribution in [0.3, 0.4) is 0 Å². The van der Waals surface area contributed by atoms with Crippen LogP contribution < -0.4 is 5.19 Å². The first kappa shape index (κ1) is 16.2. The zero-order chi connectivity index (χ0) is 15.8. The summed E-state index contributed by atoms with van der Waals surface area (Å²) in [6.45, 7) is 4.41. The summed E-state index contributed by atoms with van der Waals surface area (Å²) in [5.74, 6) is -2.75. The Morgan fingerprint density at radius 1 is 1.29 bits per heavy atom. The lowest BCUT2D eigenvalue weighted by atomic mass is 10.0. The molecule has 1 aromatic carbocycles. The standard InChI is InChI=1S/C14H17F3O3Si/c1-21(2,3)13-9(16)6-8(14-19-4-5-20-14)11(12(13)17)10(18)7-15/h6,14H,4-5,7H2,1-3H3. The van der Waals surface area contributed by atoms with E-state index in [0.29, 0.717) is 0 Å². The van der Waals surface area contributed by atoms with Crippen LogP contribution >= 0.6 is 0 Å². The Balaban J connectivity index is 2.69. The Hall–Kier alpha value is -1.18. The zero-order valence-electron chi connectivity index (χ0n) is 12.1. The molecule has 1 aliphatic rings. The fourth-order valence-corrected chi connectivity index (χ4v) is 3.97. The van der Waals surface area contributed by atoms with Gasteiger partial charge in [-0.2, -0.15) is 0 Å². The minimum Gasteiger partial charge on any atom is -0.346 e. The number of rotatable bonds is 4. The van der Waals surface area contributed by atoms with Crippen LogP contribution in [0.1, 0.15) is 22.2 Å². The van der Waals surface area contributed by atoms with Crippen LogP contribution in [0.15, 0.2) is 6.07 Å². The molecule has 0 atom stereocenters. The van der Waals surface area contributed by atoms with Crippen molar-refractivity contribution in [3.8, 4) is 0 Å². The fourth-order valence-electron chi connectivity index (χ4n) is 2.40. The van der Waals surface area contributed by atoms with Crippen molar-refractivity contribution in [1.82, 2.24) is 0 Å². The Morgan fingerprint density at radius 3 is 2.33 bits per heavy atom. The molecule has 21 heavy (non-hydrogen) atoms. The Labute approximate surface area is 122 Å². The molecule has 0 aliphatic carbocycles. The number of ketones is 1. The highest BCUT2D eigenvalue weighted by molar-refractivity contribution is 6.88. The molecule has 3 nitrogen and oxygen atoms in total. The summed E-state index contributed by atoms with van der Waals surface area (Å²) in [6, 6.07) is 1.04. The number of hydrogen-bond acceptors (Lipinski definition) is 3. The second-order valence-corrected chi connectivity index (χ2v) is 10.9. The van der Waals surface area contributed by atoms with Crippen molar-refractivity contribution >= 4 is 19.0 Å². The topological polar surface area (TPSA) is 35.5 Å². The van der Waals surface area contributed by atoms with Crippen LogP contribution in [0.2, 0.25) is 19.6 Å². The number of ether oxygens (including phenoxy) is 2. The zero-order valence-corrected chi connectivity index (χ0v) is 13.1. The molecule has 0 saturated carbocycles. The third-order valence-electron chi connectivity index (χ3n) is 3.27. The molecule has 0 N–H and O–H groups in total. The minimum absolute atomic E-state index is 0.0767. The minimum atomic E-state index is -2.38. The molecule has 1 aromatic rings. The van der Waals surface area contributed by atoms with Gasteiger partial charge in [0, 0.05) is 10.8 Å². The van der Waals surface area contributed by atoms with E-state index in [1.165, 1.54) is 0 Å². The van der Waals surface area contributed by atoms with Crippen molar-refractivity contribution in [2.24, 2.45) is 0 Å². The first-order chi connectivity index (χ1) is 9.77. The molecule has 0 amide bonds. The van der Waals surface area contributed by atoms with Crippen LogP contribution in [0.25, 0.3) is 0 Å². The molecule has 116 valence electrons. The number of benzene rings is 1. The van der Waals surface area contributed by atoms with Crippen molar-refractivity contribution < 1.29 is 27.4 Å². The van der Waals surface area contributed by atoms with E-state index in [-0.39, 0.29) is 24.0 Å². The molecule has 0 aromatic heterocycles. The van der Waals surface area contributed by atoms with E-state index in [4.69, 9.17) is 9.47 Å². The van der Waals surface area contributed by atoms with Gasteiger partial charge in [0.15, 0.2) is 18.7 Å². The van der Waals surface area contributed by atoms with Gasteiger partial charge in [-0.05, 0) is 6.07 Å². The van der Waals surface area contributed by atoms with Gasteiger partial charge in [0.25, 0.3) is 0 Å². The number of hydrogen-bond donors (Lipinski definition) is 0. The van der Waals surface area contributed by atoms with E-state index in [9.17, 15) is 18.0 Å². The van der Waals surface area contributed by atoms with Crippen molar-refractivity contribution in [3.05, 3.63) is 28.8 Å². The predicted octanol–water partition coefficient (Wildman–Crippen LogP) is 2.71. The van der Waals surface area contributed by atoms with Crippen LogP contribution in [0.4, 0.5) is 13.2 Å². The van der Waals surface area contributed by atoms with E-state index in [1.807, 2.05) is 0 Å². The molecule has 1 saturated heterocycles. The number of halogens is 3. The number of carbonyl (C=O) groups is 1. The average molecular weight is 318 g/mol. The maximum absolute atomic E-state index is 14.7. The molecule has 1 aliphatic heterocycles. The molecular formula is C14H17F3O3Si. The number of carbonyl (C=O) groups excluding carboxylic acids is 1. The number of alkyl halides is 1. The molecule has 2 rings (SSSR count). The lowest BCUT2D eigenvalue weighted by Gasteiger charge is -2.23. The largest absolute Gasteiger partial charge is 0.346 e. The Kier molecular flexibility index (Phi) is 4.55. The van der Waals surface area contributed by atoms with Crippen LogP contribution in [-0.2, 0) is 9.47 Å². The smallest absolute Gasteiger partial charge is 0.197 e. The molecule has 7 heteroatoms. The average Bonchev–Trinajstić information content (AvgIpc) is 2.89. The SMILES string of the molecule is C[Si](C)(C)c1c(F)cc(C2OCCO2)c(C(=O)CF)c1F. The van der Waals surface area contributed by atoms with Crippen molar-refractivity contribution in [1.29, 1.82) is 0 Å². The van der Waals surface area contributed by atoms with Gasteiger partial charge in [-0.1, -0.05) is 19.6 Å². The van der Waals surface area contributed by atoms with E-state index in [2.05, 4.69) is 0 Å². The maximum atomic E-state index is 14.7. The van der Waals surface area contributed by atoms with Gasteiger partial charge in [-0.3, -0.25) is 4.79 Å². The third kappa shape index (κ3) is 3.04. The number of Topliss-reactive ketones (excluding diaryl/α,β-unsaturated/α-hetero) is 1. The van der Waals surface area contributed by atoms with E-state index < -0.39 is 44.0 Å². The van der Waals surface area contributed by atoms with Crippen molar-refractivity contribution in [2.45, 2.75) is 25.9 Å². The van der Waals surface area contributed by atoms with Gasteiger partial charge in [0.2, 0.25) is 0 Å². The van der Waals surface area contributed by atoms with E-state index >= 15 is 0 Å². The van der Waals surface area contributed by atoms with Gasteiger partial charge in [-0.15, -0.1) is 0 Å². The highest BCUT2D eigenvalue weighted by atomic mass is 28.3. The fraction of sp³-hybridized carbons (Fsp3) is 0.500. The monoisotopic (exact) mass is 318 g/mol. The summed E-state index contributed by atoms with van der Waals surface area (Å²) in [4.78, 5) is 11.8. The quantitative estimate of drug-likeness (QED) is 0.632. The van der Waals surface area contributed by atoms with Crippen LogP contribution in [0, 0.1) is 11.6 Å². The first-order valence-electron chi connectivity index (χ1n) is 6.62. The lowest BCUT2D eigenvalue weighted by Crippen LogP contribution is -2.44. The van der Waals surface area contributed by atoms with Crippen LogP contribution in [-0.4, -0.2) is 33.7 Å². The second-order valence-electron chi connectivity index (χ2n) is 5.89. The summed E-state index contributed by atoms with van der Waals surface area (Å²) in [6.07, 6.45) is -1.03. The van der Waals surface area contributed by atoms with Crippen molar-refractivity contribution in [3.63, 3.8) is 0 Å². The van der Waals surface area contributed by atoms with Gasteiger partial charge in [0.1, 0.15) is 11.6 Å². The van der Waals surface area contributed by atoms with Crippen molar-refractivity contribution in [2.75, 3.05) is 19.9 Å². The highest BCUT2D eigenvalue weighted by Crippen LogP contribution is 2.29. The first-order valence-corrected chi connectivity index (χ1v) is 10.1. The molecule has 1 fully saturated rings. The predicted molar refractivity (Wildman–Crippen MR) is 74.3 cm³/mol. The molecule has 0 spiro atoms. The molecule has 1 heterocycles. The maximum Gasteiger partial charge on any atom is 0.197 e. The molecular weight excluding hydrogens is 301 g/mol. The molecule has 0 unspecified atom stereocenters. The van der Waals surface area contributed by atoms with E-state index in [0.717, 1.165) is 6.07 Å². The summed E-state index contributed by atoms with van der Waals surface area (Å²) in [7, 11) is -2.38. The van der Waals surface area contributed by atoms with Gasteiger partial charge in [0.05, 0.1) is 26.9 Å². The Morgan fingerprint density at radius 2 is 1.86 bits per heavy atom. The van der Waals surface area contributed by atoms with Crippen LogP contribution in [0.5, 0.6) is 0 Å². The van der Waals surface area contributed by atoms with E-state index in [1.54, 1.807) is 19.6 Å². The second kappa shape index (κ2) is 5.90. The lowest BCUT2D eigenvalue weighted by molar-refractivity contribution is -0.0449. The summed E-state index contributed by atoms with van der Waals surface area (Å²) < 4.78 is 52.1. The third-order valence-corrected chi connectivity index (χ3v) is 5.23. The Bertz CT molecular complexity index is 564. The summed E-state index contributed by atoms with van der Waals surface area (Å²) >= 11 is 0.